The first-order valence-corrected chi connectivity index (χ1v) is 10.5. The lowest BCUT2D eigenvalue weighted by atomic mass is 10.00. The van der Waals surface area contributed by atoms with Crippen LogP contribution < -0.4 is 14.8 Å². The van der Waals surface area contributed by atoms with Gasteiger partial charge in [-0.2, -0.15) is 4.72 Å². The molecule has 0 fully saturated rings. The van der Waals surface area contributed by atoms with Crippen LogP contribution in [-0.4, -0.2) is 21.4 Å². The Kier molecular flexibility index (Phi) is 6.31. The quantitative estimate of drug-likeness (QED) is 0.622. The molecule has 0 heterocycles. The Hall–Kier alpha value is -3.16. The van der Waals surface area contributed by atoms with Gasteiger partial charge in [0.1, 0.15) is 5.75 Å². The van der Waals surface area contributed by atoms with Gasteiger partial charge in [0, 0.05) is 13.0 Å². The van der Waals surface area contributed by atoms with Gasteiger partial charge < -0.3 is 10.1 Å². The number of sulfonamides is 1. The van der Waals surface area contributed by atoms with Crippen LogP contribution in [0.4, 0.5) is 5.69 Å². The normalized spacial score (nSPS) is 11.3. The van der Waals surface area contributed by atoms with Gasteiger partial charge in [-0.25, -0.2) is 8.42 Å². The van der Waals surface area contributed by atoms with E-state index in [0.717, 1.165) is 11.1 Å². The van der Waals surface area contributed by atoms with Gasteiger partial charge in [0.15, 0.2) is 0 Å². The monoisotopic (exact) mass is 410 g/mol. The van der Waals surface area contributed by atoms with Crippen molar-refractivity contribution in [3.8, 4) is 5.75 Å². The zero-order valence-electron chi connectivity index (χ0n) is 16.1. The summed E-state index contributed by atoms with van der Waals surface area (Å²) in [6.07, 6.45) is 0. The van der Waals surface area contributed by atoms with Gasteiger partial charge >= 0.3 is 0 Å². The molecule has 150 valence electrons. The van der Waals surface area contributed by atoms with E-state index in [1.54, 1.807) is 0 Å². The number of carbonyl (C=O) groups excluding carboxylic acids is 1. The number of hydrogen-bond donors (Lipinski definition) is 2. The lowest BCUT2D eigenvalue weighted by Gasteiger charge is -2.20. The SMILES string of the molecule is COc1cc(S(=O)(=O)NC(c2ccccc2)c2ccccc2)ccc1NC(C)=O. The number of benzene rings is 3. The minimum absolute atomic E-state index is 0.0420. The number of nitrogens with one attached hydrogen (secondary N) is 2. The second kappa shape index (κ2) is 8.89. The standard InChI is InChI=1S/C22H22N2O4S/c1-16(25)23-20-14-13-19(15-21(20)28-2)29(26,27)24-22(17-9-5-3-6-10-17)18-11-7-4-8-12-18/h3-15,22,24H,1-2H3,(H,23,25). The first-order chi connectivity index (χ1) is 13.9. The Labute approximate surface area is 170 Å². The van der Waals surface area contributed by atoms with Crippen LogP contribution in [0.15, 0.2) is 83.8 Å². The minimum Gasteiger partial charge on any atom is -0.495 e. The Morgan fingerprint density at radius 3 is 1.93 bits per heavy atom. The molecule has 7 heteroatoms. The summed E-state index contributed by atoms with van der Waals surface area (Å²) in [5, 5.41) is 2.62. The number of rotatable bonds is 7. The molecule has 0 saturated carbocycles. The molecule has 1 amide bonds. The highest BCUT2D eigenvalue weighted by atomic mass is 32.2. The van der Waals surface area contributed by atoms with Crippen molar-refractivity contribution in [1.82, 2.24) is 4.72 Å². The lowest BCUT2D eigenvalue weighted by molar-refractivity contribution is -0.114. The molecule has 3 aromatic carbocycles. The molecule has 0 aliphatic carbocycles. The molecule has 0 unspecified atom stereocenters. The number of anilines is 1. The third-order valence-corrected chi connectivity index (χ3v) is 5.75. The lowest BCUT2D eigenvalue weighted by Crippen LogP contribution is -2.29. The van der Waals surface area contributed by atoms with E-state index < -0.39 is 16.1 Å². The van der Waals surface area contributed by atoms with Gasteiger partial charge in [-0.05, 0) is 23.3 Å². The van der Waals surface area contributed by atoms with Gasteiger partial charge in [-0.1, -0.05) is 60.7 Å². The third-order valence-electron chi connectivity index (χ3n) is 4.33. The van der Waals surface area contributed by atoms with Gasteiger partial charge in [-0.3, -0.25) is 4.79 Å². The molecule has 2 N–H and O–H groups in total. The smallest absolute Gasteiger partial charge is 0.241 e. The van der Waals surface area contributed by atoms with E-state index in [1.807, 2.05) is 60.7 Å². The Bertz CT molecular complexity index is 1040. The van der Waals surface area contributed by atoms with Crippen LogP contribution in [0.5, 0.6) is 5.75 Å². The fourth-order valence-electron chi connectivity index (χ4n) is 2.97. The summed E-state index contributed by atoms with van der Waals surface area (Å²) in [5.41, 5.74) is 2.05. The molecule has 0 aliphatic rings. The van der Waals surface area contributed by atoms with Crippen molar-refractivity contribution in [3.63, 3.8) is 0 Å². The highest BCUT2D eigenvalue weighted by Crippen LogP contribution is 2.29. The molecule has 0 atom stereocenters. The van der Waals surface area contributed by atoms with Crippen molar-refractivity contribution in [2.75, 3.05) is 12.4 Å². The average molecular weight is 410 g/mol. The first-order valence-electron chi connectivity index (χ1n) is 8.98. The van der Waals surface area contributed by atoms with Crippen LogP contribution in [0.2, 0.25) is 0 Å². The Morgan fingerprint density at radius 2 is 1.45 bits per heavy atom. The first kappa shape index (κ1) is 20.6. The summed E-state index contributed by atoms with van der Waals surface area (Å²) < 4.78 is 34.3. The molecule has 0 radical (unpaired) electrons. The van der Waals surface area contributed by atoms with Crippen LogP contribution in [0.3, 0.4) is 0 Å². The van der Waals surface area contributed by atoms with Crippen molar-refractivity contribution in [2.45, 2.75) is 17.9 Å². The predicted octanol–water partition coefficient (Wildman–Crippen LogP) is 3.72. The summed E-state index contributed by atoms with van der Waals surface area (Å²) in [6.45, 7) is 1.37. The molecular formula is C22H22N2O4S. The van der Waals surface area contributed by atoms with E-state index in [9.17, 15) is 13.2 Å². The highest BCUT2D eigenvalue weighted by Gasteiger charge is 2.24. The maximum atomic E-state index is 13.1. The average Bonchev–Trinajstić information content (AvgIpc) is 2.73. The molecule has 0 aliphatic heterocycles. The van der Waals surface area contributed by atoms with Gasteiger partial charge in [-0.15, -0.1) is 0 Å². The third kappa shape index (κ3) is 5.01. The number of methoxy groups -OCH3 is 1. The van der Waals surface area contributed by atoms with Crippen LogP contribution in [0, 0.1) is 0 Å². The molecule has 0 saturated heterocycles. The minimum atomic E-state index is -3.88. The van der Waals surface area contributed by atoms with Crippen molar-refractivity contribution >= 4 is 21.6 Å². The predicted molar refractivity (Wildman–Crippen MR) is 112 cm³/mol. The van der Waals surface area contributed by atoms with Crippen LogP contribution in [0.25, 0.3) is 0 Å². The molecule has 3 aromatic rings. The van der Waals surface area contributed by atoms with E-state index in [0.29, 0.717) is 5.69 Å². The number of carbonyl (C=O) groups is 1. The van der Waals surface area contributed by atoms with Crippen LogP contribution in [-0.2, 0) is 14.8 Å². The van der Waals surface area contributed by atoms with E-state index in [4.69, 9.17) is 4.74 Å². The largest absolute Gasteiger partial charge is 0.495 e. The second-order valence-corrected chi connectivity index (χ2v) is 8.13. The van der Waals surface area contributed by atoms with Gasteiger partial charge in [0.2, 0.25) is 15.9 Å². The van der Waals surface area contributed by atoms with Gasteiger partial charge in [0.05, 0.1) is 23.7 Å². The zero-order valence-corrected chi connectivity index (χ0v) is 16.9. The fraction of sp³-hybridized carbons (Fsp3) is 0.136. The maximum Gasteiger partial charge on any atom is 0.241 e. The van der Waals surface area contributed by atoms with Crippen molar-refractivity contribution < 1.29 is 17.9 Å². The molecule has 0 aromatic heterocycles. The van der Waals surface area contributed by atoms with E-state index in [1.165, 1.54) is 32.2 Å². The summed E-state index contributed by atoms with van der Waals surface area (Å²) in [4.78, 5) is 11.4. The molecule has 6 nitrogen and oxygen atoms in total. The number of amides is 1. The van der Waals surface area contributed by atoms with Crippen LogP contribution in [0.1, 0.15) is 24.1 Å². The summed E-state index contributed by atoms with van der Waals surface area (Å²) in [5.74, 6) is -0.00991. The van der Waals surface area contributed by atoms with E-state index in [2.05, 4.69) is 10.0 Å². The molecule has 29 heavy (non-hydrogen) atoms. The van der Waals surface area contributed by atoms with Crippen molar-refractivity contribution in [1.29, 1.82) is 0 Å². The molecular weight excluding hydrogens is 388 g/mol. The fourth-order valence-corrected chi connectivity index (χ4v) is 4.20. The van der Waals surface area contributed by atoms with Crippen molar-refractivity contribution in [3.05, 3.63) is 90.0 Å². The molecule has 3 rings (SSSR count). The molecule has 0 spiro atoms. The summed E-state index contributed by atoms with van der Waals surface area (Å²) in [6, 6.07) is 22.5. The number of ether oxygens (including phenoxy) is 1. The van der Waals surface area contributed by atoms with Crippen molar-refractivity contribution in [2.24, 2.45) is 0 Å². The zero-order chi connectivity index (χ0) is 20.9. The second-order valence-electron chi connectivity index (χ2n) is 6.42. The number of hydrogen-bond acceptors (Lipinski definition) is 4. The Morgan fingerprint density at radius 1 is 0.897 bits per heavy atom. The van der Waals surface area contributed by atoms with E-state index >= 15 is 0 Å². The van der Waals surface area contributed by atoms with E-state index in [-0.39, 0.29) is 16.6 Å². The maximum absolute atomic E-state index is 13.1. The Balaban J connectivity index is 1.98. The molecule has 0 bridgehead atoms. The highest BCUT2D eigenvalue weighted by molar-refractivity contribution is 7.89. The van der Waals surface area contributed by atoms with Gasteiger partial charge in [0.25, 0.3) is 0 Å². The summed E-state index contributed by atoms with van der Waals surface area (Å²) >= 11 is 0. The topological polar surface area (TPSA) is 84.5 Å². The van der Waals surface area contributed by atoms with Crippen LogP contribution >= 0.6 is 0 Å². The summed E-state index contributed by atoms with van der Waals surface area (Å²) in [7, 11) is -2.46.